The Labute approximate surface area is 738 Å². The van der Waals surface area contributed by atoms with E-state index in [2.05, 4.69) is 60.7 Å². The lowest BCUT2D eigenvalue weighted by atomic mass is 9.83. The lowest BCUT2D eigenvalue weighted by Crippen LogP contribution is -2.42. The van der Waals surface area contributed by atoms with Gasteiger partial charge in [-0.15, -0.1) is 0 Å². The van der Waals surface area contributed by atoms with E-state index in [1.165, 1.54) is 0 Å². The number of benzene rings is 9. The van der Waals surface area contributed by atoms with Crippen LogP contribution in [-0.2, 0) is 30.0 Å². The number of hydrogen-bond acceptors (Lipinski definition) is 17. The van der Waals surface area contributed by atoms with Crippen molar-refractivity contribution in [2.75, 3.05) is 59.5 Å². The highest BCUT2D eigenvalue weighted by Crippen LogP contribution is 2.50. The molecule has 0 spiro atoms. The maximum atomic E-state index is 13.1. The second-order valence-corrected chi connectivity index (χ2v) is 32.1. The van der Waals surface area contributed by atoms with Crippen LogP contribution in [0.4, 0.5) is 0 Å². The predicted octanol–water partition coefficient (Wildman–Crippen LogP) is 18.5. The Kier molecular flexibility index (Phi) is 32.7. The molecule has 21 heteroatoms. The van der Waals surface area contributed by atoms with Gasteiger partial charge in [-0.1, -0.05) is 210 Å². The maximum absolute atomic E-state index is 13.1. The van der Waals surface area contributed by atoms with E-state index in [1.807, 2.05) is 198 Å². The third-order valence-corrected chi connectivity index (χ3v) is 22.9. The zero-order chi connectivity index (χ0) is 89.4. The monoisotopic (exact) mass is 1670 g/mol. The van der Waals surface area contributed by atoms with Gasteiger partial charge in [-0.2, -0.15) is 42.1 Å². The molecule has 1 saturated carbocycles. The van der Waals surface area contributed by atoms with Gasteiger partial charge >= 0.3 is 0 Å². The number of likely N-dealkylation sites (tertiary alicyclic amines) is 4. The fraction of sp³-hybridized carbons (Fsp3) is 0.295. The molecule has 634 valence electrons. The van der Waals surface area contributed by atoms with E-state index in [-0.39, 0.29) is 87.6 Å². The van der Waals surface area contributed by atoms with Crippen molar-refractivity contribution in [1.82, 2.24) is 19.6 Å². The van der Waals surface area contributed by atoms with E-state index in [0.29, 0.717) is 149 Å². The molecule has 126 heavy (non-hydrogen) atoms. The molecule has 9 aromatic carbocycles. The van der Waals surface area contributed by atoms with Crippen molar-refractivity contribution in [3.8, 4) is 88.4 Å². The molecule has 4 heterocycles. The summed E-state index contributed by atoms with van der Waals surface area (Å²) in [7, 11) is 1.62. The topological polar surface area (TPSA) is 318 Å². The number of allylic oxidation sites excluding steroid dienone is 4. The first-order valence-electron chi connectivity index (χ1n) is 42.4. The summed E-state index contributed by atoms with van der Waals surface area (Å²) in [6.07, 6.45) is 14.4. The van der Waals surface area contributed by atoms with Crippen molar-refractivity contribution < 1.29 is 42.9 Å². The number of rotatable bonds is 22. The number of nitrogens with zero attached hydrogens (tertiary/aromatic N) is 12. The van der Waals surface area contributed by atoms with Crippen LogP contribution in [-0.4, -0.2) is 127 Å². The van der Waals surface area contributed by atoms with Crippen LogP contribution in [0.5, 0.6) is 28.7 Å². The minimum absolute atomic E-state index is 0.00315. The third kappa shape index (κ3) is 25.4. The number of para-hydroxylation sites is 1. The van der Waals surface area contributed by atoms with Gasteiger partial charge in [0.15, 0.2) is 0 Å². The number of carbonyl (C=O) groups is 4. The van der Waals surface area contributed by atoms with Crippen molar-refractivity contribution >= 4 is 23.6 Å². The second kappa shape index (κ2) is 45.0. The first-order chi connectivity index (χ1) is 61.2. The molecular formula is C105H100N12O9. The Morgan fingerprint density at radius 1 is 0.381 bits per heavy atom. The summed E-state index contributed by atoms with van der Waals surface area (Å²) in [6, 6.07) is 90.9. The van der Waals surface area contributed by atoms with Crippen molar-refractivity contribution in [1.29, 1.82) is 42.1 Å². The summed E-state index contributed by atoms with van der Waals surface area (Å²) in [4.78, 5) is 58.7. The molecular weight excluding hydrogens is 1570 g/mol. The highest BCUT2D eigenvalue weighted by molar-refractivity contribution is 5.99. The quantitative estimate of drug-likeness (QED) is 0.0449. The van der Waals surface area contributed by atoms with Crippen molar-refractivity contribution in [2.45, 2.75) is 139 Å². The van der Waals surface area contributed by atoms with Crippen LogP contribution in [0.15, 0.2) is 283 Å². The van der Waals surface area contributed by atoms with E-state index in [0.717, 1.165) is 52.0 Å². The van der Waals surface area contributed by atoms with Gasteiger partial charge < -0.3 is 43.3 Å². The summed E-state index contributed by atoms with van der Waals surface area (Å²) in [5.41, 5.74) is 8.42. The normalized spacial score (nSPS) is 15.9. The number of amides is 4. The molecule has 0 N–H and O–H groups in total. The Morgan fingerprint density at radius 3 is 1.08 bits per heavy atom. The first kappa shape index (κ1) is 91.5. The van der Waals surface area contributed by atoms with Crippen LogP contribution >= 0.6 is 0 Å². The molecule has 1 aliphatic carbocycles. The van der Waals surface area contributed by atoms with Gasteiger partial charge in [0, 0.05) is 132 Å². The highest BCUT2D eigenvalue weighted by atomic mass is 16.5. The molecule has 4 amide bonds. The lowest BCUT2D eigenvalue weighted by Gasteiger charge is -2.32. The second-order valence-electron chi connectivity index (χ2n) is 32.1. The fourth-order valence-electron chi connectivity index (χ4n) is 15.7. The number of piperidine rings is 4. The van der Waals surface area contributed by atoms with Crippen LogP contribution in [0, 0.1) is 90.6 Å². The van der Waals surface area contributed by atoms with Gasteiger partial charge in [-0.25, -0.2) is 0 Å². The maximum Gasteiger partial charge on any atom is 0.264 e. The molecule has 0 radical (unpaired) electrons. The van der Waals surface area contributed by atoms with Gasteiger partial charge in [0.2, 0.25) is 0 Å². The fourth-order valence-corrected chi connectivity index (χ4v) is 15.7. The van der Waals surface area contributed by atoms with Gasteiger partial charge in [0.05, 0.1) is 53.6 Å². The molecule has 4 saturated heterocycles. The van der Waals surface area contributed by atoms with Crippen molar-refractivity contribution in [3.63, 3.8) is 0 Å². The number of carbonyl (C=O) groups excluding carboxylic acids is 4. The highest BCUT2D eigenvalue weighted by Gasteiger charge is 2.44. The van der Waals surface area contributed by atoms with E-state index in [1.54, 1.807) is 106 Å². The lowest BCUT2D eigenvalue weighted by molar-refractivity contribution is -0.129. The summed E-state index contributed by atoms with van der Waals surface area (Å²) in [5, 5.41) is 75.0. The SMILES string of the molecule is CC(/C=C(\C#N)C(=O)N1CCC(Oc2cccc(C#N)c2)CC1)c1ccccc1.CC(C)(/C=C(\C#N)C(=O)N1CCC(Oc2cccc(C#N)c2)CC1)c1ccccc1.COc1ccccc1-c1cc(C#N)cc(OC2CCN(C(=O)/C(C#N)=C/C(C)c3ccccc3)CC2)c1.N#C/C(=C\C1(c2ccccc2)CC1)C(=O)N1CCC(Oc2cccc(C#N)c2)CC1. The van der Waals surface area contributed by atoms with E-state index in [9.17, 15) is 45.5 Å². The average Bonchev–Trinajstić information content (AvgIpc) is 1.61. The first-order valence-corrected chi connectivity index (χ1v) is 42.4. The standard InChI is InChI=1S/C31H29N3O3.C25H23N3O2.C25H25N3O2.C24H23N3O2/c1-22(24-8-4-3-5-9-24)16-26(21-33)31(35)34-14-12-27(13-15-34)37-28-18-23(20-32)17-25(19-28)29-10-6-7-11-30(29)36-2;26-17-19-5-4-8-23(15-19)30-22-9-13-28(14-10-22)24(29)20(18-27)16-25(11-12-25)21-6-2-1-3-7-21;1-25(2,21-8-4-3-5-9-21)16-20(18-27)24(29)28-13-11-22(12-14-28)30-23-10-6-7-19(15-23)17-26;1-18(20-7-3-2-4-8-20)14-21(17-26)24(28)27-12-10-22(11-13-27)29-23-9-5-6-19(15-23)16-25/h3-11,16-19,22,27H,12-15H2,1-2H3;1-8,15-16,22H,9-14H2;3-10,15-16,22H,11-14H2,1-2H3;2-9,14-15,18,22H,10-13H2,1H3/b26-16+;2*20-16+;21-14+. The number of methoxy groups -OCH3 is 1. The van der Waals surface area contributed by atoms with E-state index >= 15 is 0 Å². The minimum Gasteiger partial charge on any atom is -0.496 e. The molecule has 5 aliphatic rings. The molecule has 2 atom stereocenters. The van der Waals surface area contributed by atoms with E-state index in [4.69, 9.17) is 39.5 Å². The van der Waals surface area contributed by atoms with Crippen LogP contribution in [0.2, 0.25) is 0 Å². The largest absolute Gasteiger partial charge is 0.496 e. The van der Waals surface area contributed by atoms with Gasteiger partial charge in [0.1, 0.15) is 99.7 Å². The molecule has 21 nitrogen and oxygen atoms in total. The summed E-state index contributed by atoms with van der Waals surface area (Å²) in [6.45, 7) is 12.2. The Balaban J connectivity index is 0.000000164. The van der Waals surface area contributed by atoms with Gasteiger partial charge in [-0.3, -0.25) is 19.2 Å². The van der Waals surface area contributed by atoms with Crippen LogP contribution < -0.4 is 23.7 Å². The summed E-state index contributed by atoms with van der Waals surface area (Å²) < 4.78 is 29.7. The smallest absolute Gasteiger partial charge is 0.264 e. The minimum atomic E-state index is -0.421. The molecule has 0 bridgehead atoms. The molecule has 2 unspecified atom stereocenters. The van der Waals surface area contributed by atoms with Crippen LogP contribution in [0.3, 0.4) is 0 Å². The number of nitriles is 8. The average molecular weight is 1670 g/mol. The Bertz CT molecular complexity index is 5620. The summed E-state index contributed by atoms with van der Waals surface area (Å²) in [5.74, 6) is 2.41. The van der Waals surface area contributed by atoms with Crippen LogP contribution in [0.1, 0.15) is 148 Å². The van der Waals surface area contributed by atoms with Crippen molar-refractivity contribution in [2.24, 2.45) is 0 Å². The molecule has 4 aliphatic heterocycles. The van der Waals surface area contributed by atoms with Crippen LogP contribution in [0.25, 0.3) is 11.1 Å². The number of hydrogen-bond donors (Lipinski definition) is 0. The molecule has 5 fully saturated rings. The summed E-state index contributed by atoms with van der Waals surface area (Å²) >= 11 is 0. The van der Waals surface area contributed by atoms with Gasteiger partial charge in [0.25, 0.3) is 23.6 Å². The Morgan fingerprint density at radius 2 is 0.714 bits per heavy atom. The Hall–Kier alpha value is -15.3. The number of ether oxygens (including phenoxy) is 5. The predicted molar refractivity (Wildman–Crippen MR) is 479 cm³/mol. The molecule has 9 aromatic rings. The zero-order valence-corrected chi connectivity index (χ0v) is 71.6. The van der Waals surface area contributed by atoms with Crippen molar-refractivity contribution in [3.05, 3.63) is 328 Å². The zero-order valence-electron chi connectivity index (χ0n) is 71.6. The molecule has 14 rings (SSSR count). The third-order valence-electron chi connectivity index (χ3n) is 22.9. The van der Waals surface area contributed by atoms with Gasteiger partial charge in [-0.05, 0) is 120 Å². The molecule has 0 aromatic heterocycles. The van der Waals surface area contributed by atoms with E-state index < -0.39 is 5.41 Å².